The third-order valence-corrected chi connectivity index (χ3v) is 1.59. The van der Waals surface area contributed by atoms with Crippen LogP contribution < -0.4 is 10.5 Å². The van der Waals surface area contributed by atoms with Crippen LogP contribution in [0, 0.1) is 11.3 Å². The summed E-state index contributed by atoms with van der Waals surface area (Å²) < 4.78 is 5.35. The summed E-state index contributed by atoms with van der Waals surface area (Å²) in [6.07, 6.45) is 0.926. The molecule has 3 heteroatoms. The number of ether oxygens (including phenoxy) is 1. The average Bonchev–Trinajstić information content (AvgIpc) is 2.16. The molecule has 0 fully saturated rings. The van der Waals surface area contributed by atoms with Gasteiger partial charge in [-0.25, -0.2) is 0 Å². The molecule has 0 aliphatic heterocycles. The zero-order chi connectivity index (χ0) is 9.68. The Kier molecular flexibility index (Phi) is 3.15. The second kappa shape index (κ2) is 4.36. The molecule has 68 valence electrons. The van der Waals surface area contributed by atoms with E-state index in [1.807, 2.05) is 13.0 Å². The standard InChI is InChI=1S/C10H12N2O/c1-2-5-13-10-4-3-9(12)6-8(10)7-11/h3-4,6H,2,5,12H2,1H3. The highest BCUT2D eigenvalue weighted by atomic mass is 16.5. The minimum Gasteiger partial charge on any atom is -0.492 e. The van der Waals surface area contributed by atoms with Crippen LogP contribution in [0.5, 0.6) is 5.75 Å². The number of rotatable bonds is 3. The van der Waals surface area contributed by atoms with E-state index < -0.39 is 0 Å². The summed E-state index contributed by atoms with van der Waals surface area (Å²) in [6.45, 7) is 2.64. The number of hydrogen-bond donors (Lipinski definition) is 1. The lowest BCUT2D eigenvalue weighted by Gasteiger charge is -2.06. The lowest BCUT2D eigenvalue weighted by molar-refractivity contribution is 0.316. The van der Waals surface area contributed by atoms with Crippen molar-refractivity contribution < 1.29 is 4.74 Å². The zero-order valence-electron chi connectivity index (χ0n) is 7.58. The molecule has 0 heterocycles. The number of hydrogen-bond acceptors (Lipinski definition) is 3. The summed E-state index contributed by atoms with van der Waals surface area (Å²) in [5.41, 5.74) is 6.60. The number of nitriles is 1. The highest BCUT2D eigenvalue weighted by molar-refractivity contribution is 5.53. The molecule has 0 aromatic heterocycles. The molecule has 0 saturated heterocycles. The van der Waals surface area contributed by atoms with Crippen LogP contribution in [0.3, 0.4) is 0 Å². The summed E-state index contributed by atoms with van der Waals surface area (Å²) in [5.74, 6) is 0.610. The van der Waals surface area contributed by atoms with Gasteiger partial charge in [-0.3, -0.25) is 0 Å². The Bertz CT molecular complexity index is 328. The fraction of sp³-hybridized carbons (Fsp3) is 0.300. The SMILES string of the molecule is CCCOc1ccc(N)cc1C#N. The smallest absolute Gasteiger partial charge is 0.137 e. The normalized spacial score (nSPS) is 9.23. The first-order chi connectivity index (χ1) is 6.27. The zero-order valence-corrected chi connectivity index (χ0v) is 7.58. The van der Waals surface area contributed by atoms with E-state index in [1.54, 1.807) is 18.2 Å². The Balaban J connectivity index is 2.88. The van der Waals surface area contributed by atoms with Crippen molar-refractivity contribution in [3.05, 3.63) is 23.8 Å². The maximum absolute atomic E-state index is 8.76. The highest BCUT2D eigenvalue weighted by Gasteiger charge is 2.02. The van der Waals surface area contributed by atoms with Crippen LogP contribution in [-0.4, -0.2) is 6.61 Å². The van der Waals surface area contributed by atoms with Gasteiger partial charge >= 0.3 is 0 Å². The van der Waals surface area contributed by atoms with Crippen LogP contribution in [0.1, 0.15) is 18.9 Å². The lowest BCUT2D eigenvalue weighted by atomic mass is 10.2. The topological polar surface area (TPSA) is 59.0 Å². The summed E-state index contributed by atoms with van der Waals surface area (Å²) >= 11 is 0. The van der Waals surface area contributed by atoms with Crippen molar-refractivity contribution in [1.29, 1.82) is 5.26 Å². The lowest BCUT2D eigenvalue weighted by Crippen LogP contribution is -1.98. The van der Waals surface area contributed by atoms with Crippen LogP contribution in [0.2, 0.25) is 0 Å². The number of nitrogen functional groups attached to an aromatic ring is 1. The quantitative estimate of drug-likeness (QED) is 0.716. The molecule has 0 unspecified atom stereocenters. The Morgan fingerprint density at radius 2 is 2.31 bits per heavy atom. The molecule has 0 aliphatic carbocycles. The molecular formula is C10H12N2O. The molecule has 0 aliphatic rings. The fourth-order valence-electron chi connectivity index (χ4n) is 0.973. The van der Waals surface area contributed by atoms with E-state index >= 15 is 0 Å². The first-order valence-electron chi connectivity index (χ1n) is 4.20. The Morgan fingerprint density at radius 3 is 2.92 bits per heavy atom. The van der Waals surface area contributed by atoms with Gasteiger partial charge in [-0.15, -0.1) is 0 Å². The summed E-state index contributed by atoms with van der Waals surface area (Å²) in [5, 5.41) is 8.76. The van der Waals surface area contributed by atoms with E-state index in [2.05, 4.69) is 0 Å². The molecule has 0 radical (unpaired) electrons. The van der Waals surface area contributed by atoms with Gasteiger partial charge in [0.2, 0.25) is 0 Å². The second-order valence-corrected chi connectivity index (χ2v) is 2.72. The largest absolute Gasteiger partial charge is 0.492 e. The molecule has 2 N–H and O–H groups in total. The van der Waals surface area contributed by atoms with Gasteiger partial charge in [0, 0.05) is 5.69 Å². The van der Waals surface area contributed by atoms with Crippen LogP contribution in [0.15, 0.2) is 18.2 Å². The maximum atomic E-state index is 8.76. The van der Waals surface area contributed by atoms with Gasteiger partial charge in [-0.1, -0.05) is 6.92 Å². The van der Waals surface area contributed by atoms with Crippen LogP contribution in [0.25, 0.3) is 0 Å². The highest BCUT2D eigenvalue weighted by Crippen LogP contribution is 2.20. The number of benzene rings is 1. The molecular weight excluding hydrogens is 164 g/mol. The molecule has 3 nitrogen and oxygen atoms in total. The number of nitrogens with zero attached hydrogens (tertiary/aromatic N) is 1. The number of anilines is 1. The van der Waals surface area contributed by atoms with E-state index in [9.17, 15) is 0 Å². The van der Waals surface area contributed by atoms with Crippen molar-refractivity contribution in [1.82, 2.24) is 0 Å². The first kappa shape index (κ1) is 9.40. The Hall–Kier alpha value is -1.69. The van der Waals surface area contributed by atoms with Gasteiger partial charge in [0.25, 0.3) is 0 Å². The molecule has 0 saturated carbocycles. The predicted molar refractivity (Wildman–Crippen MR) is 51.4 cm³/mol. The summed E-state index contributed by atoms with van der Waals surface area (Å²) in [6, 6.07) is 7.11. The number of nitrogens with two attached hydrogens (primary N) is 1. The molecule has 0 bridgehead atoms. The van der Waals surface area contributed by atoms with Gasteiger partial charge in [0.1, 0.15) is 11.8 Å². The minimum absolute atomic E-state index is 0.494. The van der Waals surface area contributed by atoms with E-state index in [4.69, 9.17) is 15.7 Å². The van der Waals surface area contributed by atoms with E-state index in [0.717, 1.165) is 6.42 Å². The molecule has 1 aromatic rings. The molecule has 0 amide bonds. The molecule has 1 aromatic carbocycles. The Morgan fingerprint density at radius 1 is 1.54 bits per heavy atom. The van der Waals surface area contributed by atoms with Crippen molar-refractivity contribution in [3.63, 3.8) is 0 Å². The van der Waals surface area contributed by atoms with E-state index in [1.165, 1.54) is 0 Å². The van der Waals surface area contributed by atoms with Crippen LogP contribution in [0.4, 0.5) is 5.69 Å². The molecule has 1 rings (SSSR count). The Labute approximate surface area is 77.7 Å². The van der Waals surface area contributed by atoms with Crippen molar-refractivity contribution in [2.45, 2.75) is 13.3 Å². The van der Waals surface area contributed by atoms with Crippen molar-refractivity contribution in [2.24, 2.45) is 0 Å². The predicted octanol–water partition coefficient (Wildman–Crippen LogP) is 1.93. The van der Waals surface area contributed by atoms with Gasteiger partial charge in [-0.05, 0) is 24.6 Å². The second-order valence-electron chi connectivity index (χ2n) is 2.72. The van der Waals surface area contributed by atoms with Gasteiger partial charge in [0.15, 0.2) is 0 Å². The maximum Gasteiger partial charge on any atom is 0.137 e. The monoisotopic (exact) mass is 176 g/mol. The molecule has 0 atom stereocenters. The van der Waals surface area contributed by atoms with Crippen LogP contribution >= 0.6 is 0 Å². The summed E-state index contributed by atoms with van der Waals surface area (Å²) in [7, 11) is 0. The average molecular weight is 176 g/mol. The van der Waals surface area contributed by atoms with Gasteiger partial charge in [0.05, 0.1) is 12.2 Å². The van der Waals surface area contributed by atoms with Gasteiger partial charge in [-0.2, -0.15) is 5.26 Å². The van der Waals surface area contributed by atoms with Gasteiger partial charge < -0.3 is 10.5 Å². The van der Waals surface area contributed by atoms with Crippen molar-refractivity contribution in [3.8, 4) is 11.8 Å². The molecule has 0 spiro atoms. The fourth-order valence-corrected chi connectivity index (χ4v) is 0.973. The third kappa shape index (κ3) is 2.38. The van der Waals surface area contributed by atoms with E-state index in [-0.39, 0.29) is 0 Å². The van der Waals surface area contributed by atoms with Crippen molar-refractivity contribution in [2.75, 3.05) is 12.3 Å². The van der Waals surface area contributed by atoms with Crippen LogP contribution in [-0.2, 0) is 0 Å². The first-order valence-corrected chi connectivity index (χ1v) is 4.20. The van der Waals surface area contributed by atoms with Crippen molar-refractivity contribution >= 4 is 5.69 Å². The van der Waals surface area contributed by atoms with E-state index in [0.29, 0.717) is 23.6 Å². The molecule has 13 heavy (non-hydrogen) atoms. The minimum atomic E-state index is 0.494. The summed E-state index contributed by atoms with van der Waals surface area (Å²) in [4.78, 5) is 0. The third-order valence-electron chi connectivity index (χ3n) is 1.59.